The molecule has 0 heterocycles. The van der Waals surface area contributed by atoms with E-state index in [4.69, 9.17) is 0 Å². The van der Waals surface area contributed by atoms with Crippen LogP contribution in [0.3, 0.4) is 0 Å². The monoisotopic (exact) mass is 508 g/mol. The number of nitrogens with one attached hydrogen (secondary N) is 1. The predicted molar refractivity (Wildman–Crippen MR) is 164 cm³/mol. The van der Waals surface area contributed by atoms with Crippen molar-refractivity contribution in [3.63, 3.8) is 0 Å². The van der Waals surface area contributed by atoms with Crippen molar-refractivity contribution in [3.8, 4) is 0 Å². The Hall–Kier alpha value is -0.530. The van der Waals surface area contributed by atoms with Crippen LogP contribution in [0.5, 0.6) is 0 Å². The summed E-state index contributed by atoms with van der Waals surface area (Å²) in [5.41, 5.74) is 0. The summed E-state index contributed by atoms with van der Waals surface area (Å²) in [6.45, 7) is 4.59. The van der Waals surface area contributed by atoms with Gasteiger partial charge in [0, 0.05) is 5.92 Å². The average molecular weight is 508 g/mol. The van der Waals surface area contributed by atoms with Crippen LogP contribution in [0.25, 0.3) is 0 Å². The molecule has 0 aliphatic rings. The summed E-state index contributed by atoms with van der Waals surface area (Å²) in [5.74, 6) is 0.484. The maximum Gasteiger partial charge on any atom is 0.151 e. The molecule has 0 aromatic carbocycles. The molecule has 1 N–H and O–H groups in total. The molecule has 0 fully saturated rings. The molecule has 2 nitrogen and oxygen atoms in total. The summed E-state index contributed by atoms with van der Waals surface area (Å²) < 4.78 is 0. The van der Waals surface area contributed by atoms with E-state index in [1.807, 2.05) is 6.21 Å². The zero-order chi connectivity index (χ0) is 26.2. The van der Waals surface area contributed by atoms with Crippen LogP contribution in [0.1, 0.15) is 206 Å². The normalized spacial score (nSPS) is 12.6. The van der Waals surface area contributed by atoms with Gasteiger partial charge in [0.05, 0.1) is 0 Å². The van der Waals surface area contributed by atoms with Crippen molar-refractivity contribution >= 4 is 6.21 Å². The van der Waals surface area contributed by atoms with Gasteiger partial charge in [0.25, 0.3) is 0 Å². The molecular weight excluding hydrogens is 438 g/mol. The second kappa shape index (κ2) is 32.5. The lowest BCUT2D eigenvalue weighted by Crippen LogP contribution is -2.61. The van der Waals surface area contributed by atoms with Crippen molar-refractivity contribution in [2.75, 3.05) is 0 Å². The molecule has 0 bridgehead atoms. The van der Waals surface area contributed by atoms with Crippen LogP contribution in [-0.2, 0) is 0 Å². The predicted octanol–water partition coefficient (Wildman–Crippen LogP) is 11.0. The van der Waals surface area contributed by atoms with Crippen LogP contribution in [0.15, 0.2) is 0 Å². The maximum atomic E-state index is 10.9. The summed E-state index contributed by atoms with van der Waals surface area (Å²) in [6, 6.07) is 0. The lowest BCUT2D eigenvalue weighted by molar-refractivity contribution is -0.370. The molecule has 0 amide bonds. The Labute approximate surface area is 228 Å². The highest BCUT2D eigenvalue weighted by atomic mass is 16.4. The Morgan fingerprint density at radius 3 is 0.833 bits per heavy atom. The van der Waals surface area contributed by atoms with Gasteiger partial charge in [-0.3, -0.25) is 0 Å². The molecule has 2 heteroatoms. The average Bonchev–Trinajstić information content (AvgIpc) is 2.89. The number of rotatable bonds is 31. The molecule has 0 aliphatic carbocycles. The number of hydrogen-bond acceptors (Lipinski definition) is 1. The maximum absolute atomic E-state index is 10.9. The zero-order valence-electron chi connectivity index (χ0n) is 25.3. The Morgan fingerprint density at radius 2 is 0.611 bits per heavy atom. The minimum absolute atomic E-state index is 0.484. The first-order chi connectivity index (χ1) is 17.8. The summed E-state index contributed by atoms with van der Waals surface area (Å²) in [5, 5.41) is 13.0. The SMILES string of the molecule is CCCCCCCCCCCCCCCCCCC(C=[NH+][O-])CCCCCCCCCCCCCC. The fraction of sp³-hybridized carbons (Fsp3) is 0.971. The van der Waals surface area contributed by atoms with Crippen LogP contribution < -0.4 is 5.16 Å². The third-order valence-corrected chi connectivity index (χ3v) is 8.16. The van der Waals surface area contributed by atoms with Crippen LogP contribution in [-0.4, -0.2) is 6.21 Å². The Kier molecular flexibility index (Phi) is 32.0. The second-order valence-corrected chi connectivity index (χ2v) is 11.8. The van der Waals surface area contributed by atoms with E-state index in [0.29, 0.717) is 5.92 Å². The van der Waals surface area contributed by atoms with Crippen LogP contribution in [0, 0.1) is 11.1 Å². The quantitative estimate of drug-likeness (QED) is 0.0430. The van der Waals surface area contributed by atoms with E-state index in [-0.39, 0.29) is 0 Å². The molecule has 1 unspecified atom stereocenters. The summed E-state index contributed by atoms with van der Waals surface area (Å²) in [4.78, 5) is 0. The molecule has 216 valence electrons. The van der Waals surface area contributed by atoms with Gasteiger partial charge >= 0.3 is 0 Å². The minimum Gasteiger partial charge on any atom is -0.626 e. The molecular formula is C34H69NO. The van der Waals surface area contributed by atoms with Gasteiger partial charge in [0.1, 0.15) is 0 Å². The van der Waals surface area contributed by atoms with Gasteiger partial charge < -0.3 is 5.21 Å². The number of hydrogen-bond donors (Lipinski definition) is 1. The second-order valence-electron chi connectivity index (χ2n) is 11.8. The van der Waals surface area contributed by atoms with Gasteiger partial charge in [0.15, 0.2) is 6.21 Å². The fourth-order valence-electron chi connectivity index (χ4n) is 5.61. The molecule has 0 spiro atoms. The van der Waals surface area contributed by atoms with Crippen molar-refractivity contribution in [1.29, 1.82) is 0 Å². The van der Waals surface area contributed by atoms with Crippen LogP contribution >= 0.6 is 0 Å². The first-order valence-corrected chi connectivity index (χ1v) is 17.1. The molecule has 1 atom stereocenters. The Morgan fingerprint density at radius 1 is 0.389 bits per heavy atom. The highest BCUT2D eigenvalue weighted by Gasteiger charge is 2.08. The molecule has 0 saturated heterocycles. The topological polar surface area (TPSA) is 37.0 Å². The van der Waals surface area contributed by atoms with Gasteiger partial charge in [-0.15, -0.1) is 0 Å². The Balaban J connectivity index is 3.37. The van der Waals surface area contributed by atoms with E-state index >= 15 is 0 Å². The van der Waals surface area contributed by atoms with E-state index in [2.05, 4.69) is 19.0 Å². The van der Waals surface area contributed by atoms with Crippen molar-refractivity contribution in [2.24, 2.45) is 5.92 Å². The van der Waals surface area contributed by atoms with Crippen LogP contribution in [0.2, 0.25) is 0 Å². The summed E-state index contributed by atoms with van der Waals surface area (Å²) in [7, 11) is 0. The van der Waals surface area contributed by atoms with E-state index in [1.54, 1.807) is 0 Å². The summed E-state index contributed by atoms with van der Waals surface area (Å²) in [6.07, 6.45) is 43.7. The van der Waals surface area contributed by atoms with Crippen LogP contribution in [0.4, 0.5) is 0 Å². The number of unbranched alkanes of at least 4 members (excludes halogenated alkanes) is 26. The molecule has 0 rings (SSSR count). The fourth-order valence-corrected chi connectivity index (χ4v) is 5.61. The van der Waals surface area contributed by atoms with Gasteiger partial charge in [-0.2, -0.15) is 0 Å². The smallest absolute Gasteiger partial charge is 0.151 e. The molecule has 0 aromatic rings. The van der Waals surface area contributed by atoms with Crippen molar-refractivity contribution in [3.05, 3.63) is 5.21 Å². The van der Waals surface area contributed by atoms with Crippen molar-refractivity contribution in [2.45, 2.75) is 206 Å². The van der Waals surface area contributed by atoms with Crippen molar-refractivity contribution in [1.82, 2.24) is 0 Å². The first kappa shape index (κ1) is 35.5. The van der Waals surface area contributed by atoms with Gasteiger partial charge in [-0.1, -0.05) is 194 Å². The first-order valence-electron chi connectivity index (χ1n) is 17.1. The largest absolute Gasteiger partial charge is 0.626 e. The molecule has 0 radical (unpaired) electrons. The van der Waals surface area contributed by atoms with E-state index in [1.165, 1.54) is 193 Å². The van der Waals surface area contributed by atoms with Gasteiger partial charge in [-0.25, -0.2) is 5.16 Å². The standard InChI is InChI=1S/C34H69NO/c1-3-5-7-9-11-13-15-17-18-19-20-22-24-26-28-30-32-34(33-35-36)31-29-27-25-23-21-16-14-12-10-8-6-4-2/h33-35H,3-32H2,1-2H3. The molecule has 0 aliphatic heterocycles. The highest BCUT2D eigenvalue weighted by molar-refractivity contribution is 5.53. The third kappa shape index (κ3) is 29.7. The lowest BCUT2D eigenvalue weighted by atomic mass is 9.95. The lowest BCUT2D eigenvalue weighted by Gasteiger charge is -2.10. The van der Waals surface area contributed by atoms with Gasteiger partial charge in [0.2, 0.25) is 0 Å². The van der Waals surface area contributed by atoms with Gasteiger partial charge in [-0.05, 0) is 12.8 Å². The highest BCUT2D eigenvalue weighted by Crippen LogP contribution is 2.19. The van der Waals surface area contributed by atoms with Crippen molar-refractivity contribution < 1.29 is 5.16 Å². The minimum atomic E-state index is 0.484. The zero-order valence-corrected chi connectivity index (χ0v) is 25.3. The molecule has 0 saturated carbocycles. The molecule has 0 aromatic heterocycles. The van der Waals surface area contributed by atoms with E-state index in [0.717, 1.165) is 0 Å². The summed E-state index contributed by atoms with van der Waals surface area (Å²) >= 11 is 0. The Bertz CT molecular complexity index is 408. The van der Waals surface area contributed by atoms with E-state index < -0.39 is 0 Å². The third-order valence-electron chi connectivity index (χ3n) is 8.16. The molecule has 36 heavy (non-hydrogen) atoms. The van der Waals surface area contributed by atoms with E-state index in [9.17, 15) is 5.21 Å².